The third kappa shape index (κ3) is 11.9. The van der Waals surface area contributed by atoms with Crippen molar-refractivity contribution in [2.45, 2.75) is 13.8 Å². The minimum Gasteiger partial charge on any atom is -0.507 e. The number of rotatable bonds is 19. The maximum atomic E-state index is 12.5. The Hall–Kier alpha value is -2.91. The van der Waals surface area contributed by atoms with E-state index in [9.17, 15) is 9.90 Å². The minimum atomic E-state index is -0.308. The highest BCUT2D eigenvalue weighted by Gasteiger charge is 2.07. The molecule has 0 spiro atoms. The fraction of sp³-hybridized carbons (Fsp3) is 0.444. The smallest absolute Gasteiger partial charge is 0.189 e. The summed E-state index contributed by atoms with van der Waals surface area (Å²) in [6, 6.07) is 13.6. The average molecular weight is 489 g/mol. The Balaban J connectivity index is 1.74. The van der Waals surface area contributed by atoms with Crippen LogP contribution in [0.5, 0.6) is 11.5 Å². The van der Waals surface area contributed by atoms with E-state index in [4.69, 9.17) is 28.4 Å². The molecule has 8 nitrogen and oxygen atoms in total. The van der Waals surface area contributed by atoms with Crippen LogP contribution in [-0.2, 0) is 18.9 Å². The predicted octanol–water partition coefficient (Wildman–Crippen LogP) is 4.33. The number of benzene rings is 2. The second-order valence-electron chi connectivity index (χ2n) is 7.26. The molecule has 2 aromatic rings. The van der Waals surface area contributed by atoms with E-state index in [1.165, 1.54) is 6.08 Å². The topological polar surface area (TPSA) is 92.7 Å². The van der Waals surface area contributed by atoms with Gasteiger partial charge < -0.3 is 33.5 Å². The van der Waals surface area contributed by atoms with Gasteiger partial charge in [0.1, 0.15) is 30.5 Å². The van der Waals surface area contributed by atoms with Crippen molar-refractivity contribution in [1.82, 2.24) is 0 Å². The van der Waals surface area contributed by atoms with Crippen molar-refractivity contribution in [1.29, 1.82) is 0 Å². The van der Waals surface area contributed by atoms with Crippen molar-refractivity contribution in [3.63, 3.8) is 0 Å². The van der Waals surface area contributed by atoms with Crippen molar-refractivity contribution in [2.24, 2.45) is 0 Å². The van der Waals surface area contributed by atoms with Gasteiger partial charge in [0.15, 0.2) is 5.78 Å². The largest absolute Gasteiger partial charge is 0.507 e. The predicted molar refractivity (Wildman–Crippen MR) is 133 cm³/mol. The molecule has 0 aromatic heterocycles. The fourth-order valence-corrected chi connectivity index (χ4v) is 2.89. The van der Waals surface area contributed by atoms with Crippen molar-refractivity contribution in [2.75, 3.05) is 66.1 Å². The monoisotopic (exact) mass is 488 g/mol. The quantitative estimate of drug-likeness (QED) is 0.135. The highest BCUT2D eigenvalue weighted by atomic mass is 16.5. The molecule has 0 unspecified atom stereocenters. The van der Waals surface area contributed by atoms with Crippen molar-refractivity contribution in [3.8, 4) is 11.5 Å². The van der Waals surface area contributed by atoms with Gasteiger partial charge >= 0.3 is 0 Å². The van der Waals surface area contributed by atoms with Crippen LogP contribution in [0.1, 0.15) is 29.8 Å². The first kappa shape index (κ1) is 28.3. The standard InChI is InChI=1S/C27H36O8/c1-3-30-13-15-32-17-19-34-24-9-5-22(6-10-24)26(28)21-27(29)23-7-11-25(12-8-23)35-20-18-33-16-14-31-4-2/h5-12,21,28H,3-4,13-20H2,1-2H3/b26-21-. The Labute approximate surface area is 207 Å². The molecule has 0 aliphatic carbocycles. The van der Waals surface area contributed by atoms with Crippen molar-refractivity contribution >= 4 is 11.5 Å². The van der Waals surface area contributed by atoms with Gasteiger partial charge in [-0.15, -0.1) is 0 Å². The Morgan fingerprint density at radius 2 is 1.03 bits per heavy atom. The zero-order valence-electron chi connectivity index (χ0n) is 20.6. The van der Waals surface area contributed by atoms with E-state index in [-0.39, 0.29) is 11.5 Å². The van der Waals surface area contributed by atoms with E-state index < -0.39 is 0 Å². The van der Waals surface area contributed by atoms with Crippen LogP contribution < -0.4 is 9.47 Å². The summed E-state index contributed by atoms with van der Waals surface area (Å²) in [4.78, 5) is 12.5. The third-order valence-electron chi connectivity index (χ3n) is 4.70. The van der Waals surface area contributed by atoms with Gasteiger partial charge in [0.25, 0.3) is 0 Å². The maximum Gasteiger partial charge on any atom is 0.189 e. The molecule has 0 aliphatic rings. The van der Waals surface area contributed by atoms with Gasteiger partial charge in [-0.1, -0.05) is 0 Å². The molecule has 35 heavy (non-hydrogen) atoms. The molecule has 8 heteroatoms. The number of hydrogen-bond acceptors (Lipinski definition) is 8. The van der Waals surface area contributed by atoms with E-state index in [2.05, 4.69) is 0 Å². The van der Waals surface area contributed by atoms with Crippen LogP contribution in [0.15, 0.2) is 54.6 Å². The molecule has 2 rings (SSSR count). The Morgan fingerprint density at radius 1 is 0.629 bits per heavy atom. The van der Waals surface area contributed by atoms with Crippen molar-refractivity contribution < 1.29 is 38.3 Å². The summed E-state index contributed by atoms with van der Waals surface area (Å²) < 4.78 is 32.4. The summed E-state index contributed by atoms with van der Waals surface area (Å²) >= 11 is 0. The molecule has 1 N–H and O–H groups in total. The number of ketones is 1. The normalized spacial score (nSPS) is 11.4. The van der Waals surface area contributed by atoms with Crippen LogP contribution >= 0.6 is 0 Å². The average Bonchev–Trinajstić information content (AvgIpc) is 2.88. The number of ether oxygens (including phenoxy) is 6. The van der Waals surface area contributed by atoms with E-state index in [0.717, 1.165) is 0 Å². The Bertz CT molecular complexity index is 862. The van der Waals surface area contributed by atoms with Crippen LogP contribution in [0.3, 0.4) is 0 Å². The van der Waals surface area contributed by atoms with E-state index >= 15 is 0 Å². The molecule has 0 fully saturated rings. The van der Waals surface area contributed by atoms with Crippen LogP contribution in [0, 0.1) is 0 Å². The molecule has 0 bridgehead atoms. The fourth-order valence-electron chi connectivity index (χ4n) is 2.89. The molecular weight excluding hydrogens is 452 g/mol. The Kier molecular flexibility index (Phi) is 14.2. The SMILES string of the molecule is CCOCCOCCOc1ccc(C(=O)/C=C(\O)c2ccc(OCCOCCOCC)cc2)cc1. The van der Waals surface area contributed by atoms with Gasteiger partial charge in [-0.05, 0) is 62.4 Å². The van der Waals surface area contributed by atoms with E-state index in [0.29, 0.717) is 88.7 Å². The lowest BCUT2D eigenvalue weighted by atomic mass is 10.1. The Morgan fingerprint density at radius 3 is 1.49 bits per heavy atom. The lowest BCUT2D eigenvalue weighted by Crippen LogP contribution is -2.10. The molecule has 0 radical (unpaired) electrons. The van der Waals surface area contributed by atoms with Gasteiger partial charge in [0.2, 0.25) is 0 Å². The lowest BCUT2D eigenvalue weighted by molar-refractivity contribution is 0.0405. The molecule has 0 saturated heterocycles. The van der Waals surface area contributed by atoms with Gasteiger partial charge in [-0.25, -0.2) is 0 Å². The first-order valence-electron chi connectivity index (χ1n) is 11.9. The molecule has 0 aliphatic heterocycles. The number of allylic oxidation sites excluding steroid dienone is 1. The van der Waals surface area contributed by atoms with Gasteiger partial charge in [0.05, 0.1) is 39.6 Å². The highest BCUT2D eigenvalue weighted by Crippen LogP contribution is 2.19. The van der Waals surface area contributed by atoms with Crippen LogP contribution in [0.4, 0.5) is 0 Å². The zero-order valence-corrected chi connectivity index (χ0v) is 20.6. The molecular formula is C27H36O8. The van der Waals surface area contributed by atoms with Crippen LogP contribution in [0.2, 0.25) is 0 Å². The summed E-state index contributed by atoms with van der Waals surface area (Å²) in [6.45, 7) is 9.14. The highest BCUT2D eigenvalue weighted by molar-refractivity contribution is 6.07. The number of aliphatic hydroxyl groups is 1. The second kappa shape index (κ2) is 17.5. The summed E-state index contributed by atoms with van der Waals surface area (Å²) in [7, 11) is 0. The number of hydrogen-bond donors (Lipinski definition) is 1. The van der Waals surface area contributed by atoms with Gasteiger partial charge in [0, 0.05) is 30.4 Å². The molecule has 0 saturated carbocycles. The van der Waals surface area contributed by atoms with Crippen LogP contribution in [0.25, 0.3) is 5.76 Å². The number of aliphatic hydroxyl groups excluding tert-OH is 1. The summed E-state index contributed by atoms with van der Waals surface area (Å²) in [6.07, 6.45) is 1.20. The molecule has 0 heterocycles. The first-order chi connectivity index (χ1) is 17.1. The summed E-state index contributed by atoms with van der Waals surface area (Å²) in [5.74, 6) is 0.859. The van der Waals surface area contributed by atoms with E-state index in [1.54, 1.807) is 48.5 Å². The molecule has 0 atom stereocenters. The van der Waals surface area contributed by atoms with Crippen LogP contribution in [-0.4, -0.2) is 77.0 Å². The molecule has 2 aromatic carbocycles. The number of carbonyl (C=O) groups excluding carboxylic acids is 1. The second-order valence-corrected chi connectivity index (χ2v) is 7.26. The lowest BCUT2D eigenvalue weighted by Gasteiger charge is -2.08. The molecule has 0 amide bonds. The minimum absolute atomic E-state index is 0.120. The summed E-state index contributed by atoms with van der Waals surface area (Å²) in [5.41, 5.74) is 0.962. The summed E-state index contributed by atoms with van der Waals surface area (Å²) in [5, 5.41) is 10.4. The number of carbonyl (C=O) groups is 1. The molecule has 192 valence electrons. The maximum absolute atomic E-state index is 12.5. The third-order valence-corrected chi connectivity index (χ3v) is 4.70. The van der Waals surface area contributed by atoms with Crippen molar-refractivity contribution in [3.05, 3.63) is 65.7 Å². The first-order valence-corrected chi connectivity index (χ1v) is 11.9. The zero-order chi connectivity index (χ0) is 25.1. The van der Waals surface area contributed by atoms with Gasteiger partial charge in [-0.3, -0.25) is 4.79 Å². The van der Waals surface area contributed by atoms with Gasteiger partial charge in [-0.2, -0.15) is 0 Å². The van der Waals surface area contributed by atoms with E-state index in [1.807, 2.05) is 13.8 Å².